The van der Waals surface area contributed by atoms with Crippen molar-refractivity contribution in [3.63, 3.8) is 0 Å². The molecule has 0 aliphatic heterocycles. The molecule has 24 heavy (non-hydrogen) atoms. The van der Waals surface area contributed by atoms with Crippen LogP contribution in [0.5, 0.6) is 0 Å². The summed E-state index contributed by atoms with van der Waals surface area (Å²) in [5.41, 5.74) is 6.90. The number of carbonyl (C=O) groups is 2. The minimum Gasteiger partial charge on any atom is -0.350 e. The highest BCUT2D eigenvalue weighted by Gasteiger charge is 2.16. The van der Waals surface area contributed by atoms with Crippen LogP contribution >= 0.6 is 11.6 Å². The van der Waals surface area contributed by atoms with Crippen molar-refractivity contribution >= 4 is 34.3 Å². The molecule has 122 valence electrons. The number of aromatic amines is 1. The molecule has 1 atom stereocenters. The maximum Gasteiger partial charge on any atom is 0.286 e. The zero-order valence-corrected chi connectivity index (χ0v) is 13.7. The zero-order chi connectivity index (χ0) is 17.1. The first kappa shape index (κ1) is 16.1. The normalized spacial score (nSPS) is 11.9. The molecule has 3 aromatic rings. The number of H-pyrrole nitrogens is 1. The molecule has 0 spiro atoms. The van der Waals surface area contributed by atoms with Gasteiger partial charge in [0.05, 0.1) is 5.92 Å². The summed E-state index contributed by atoms with van der Waals surface area (Å²) in [4.78, 5) is 27.3. The average molecular weight is 342 g/mol. The van der Waals surface area contributed by atoms with Crippen LogP contribution in [0.25, 0.3) is 10.9 Å². The fraction of sp³-hybridized carbons (Fsp3) is 0.111. The summed E-state index contributed by atoms with van der Waals surface area (Å²) >= 11 is 5.93. The second kappa shape index (κ2) is 6.76. The number of amides is 2. The minimum absolute atomic E-state index is 0.284. The van der Waals surface area contributed by atoms with Crippen molar-refractivity contribution in [1.29, 1.82) is 0 Å². The molecule has 0 bridgehead atoms. The van der Waals surface area contributed by atoms with Crippen LogP contribution in [0.1, 0.15) is 28.9 Å². The lowest BCUT2D eigenvalue weighted by atomic mass is 10.0. The second-order valence-corrected chi connectivity index (χ2v) is 5.93. The van der Waals surface area contributed by atoms with Crippen LogP contribution in [-0.4, -0.2) is 16.8 Å². The Kier molecular flexibility index (Phi) is 4.53. The Morgan fingerprint density at radius 2 is 1.79 bits per heavy atom. The lowest BCUT2D eigenvalue weighted by Gasteiger charge is -2.12. The highest BCUT2D eigenvalue weighted by molar-refractivity contribution is 6.31. The zero-order valence-electron chi connectivity index (χ0n) is 13.0. The monoisotopic (exact) mass is 341 g/mol. The molecule has 6 heteroatoms. The van der Waals surface area contributed by atoms with Gasteiger partial charge in [-0.25, -0.2) is 0 Å². The SMILES string of the molecule is CC(C(=O)NNC(=O)c1cc2cc(Cl)ccc2[nH]1)c1ccccc1. The number of aromatic nitrogens is 1. The number of halogens is 1. The lowest BCUT2D eigenvalue weighted by molar-refractivity contribution is -0.123. The Morgan fingerprint density at radius 1 is 1.04 bits per heavy atom. The van der Waals surface area contributed by atoms with Gasteiger partial charge in [0, 0.05) is 15.9 Å². The quantitative estimate of drug-likeness (QED) is 0.639. The van der Waals surface area contributed by atoms with Crippen LogP contribution in [0, 0.1) is 0 Å². The van der Waals surface area contributed by atoms with E-state index in [1.807, 2.05) is 30.3 Å². The van der Waals surface area contributed by atoms with Crippen molar-refractivity contribution in [2.45, 2.75) is 12.8 Å². The predicted molar refractivity (Wildman–Crippen MR) is 93.8 cm³/mol. The van der Waals surface area contributed by atoms with E-state index in [9.17, 15) is 9.59 Å². The lowest BCUT2D eigenvalue weighted by Crippen LogP contribution is -2.43. The molecule has 3 rings (SSSR count). The van der Waals surface area contributed by atoms with Crippen LogP contribution < -0.4 is 10.9 Å². The van der Waals surface area contributed by atoms with E-state index in [1.165, 1.54) is 0 Å². The van der Waals surface area contributed by atoms with Crippen molar-refractivity contribution in [1.82, 2.24) is 15.8 Å². The molecule has 0 saturated carbocycles. The highest BCUT2D eigenvalue weighted by atomic mass is 35.5. The molecule has 3 N–H and O–H groups in total. The van der Waals surface area contributed by atoms with E-state index < -0.39 is 5.91 Å². The Bertz CT molecular complexity index is 890. The van der Waals surface area contributed by atoms with Gasteiger partial charge >= 0.3 is 0 Å². The number of benzene rings is 2. The molecule has 0 aliphatic rings. The average Bonchev–Trinajstić information content (AvgIpc) is 3.02. The third-order valence-corrected chi connectivity index (χ3v) is 4.05. The first-order chi connectivity index (χ1) is 11.5. The van der Waals surface area contributed by atoms with Crippen LogP contribution in [0.4, 0.5) is 0 Å². The fourth-order valence-electron chi connectivity index (χ4n) is 2.41. The van der Waals surface area contributed by atoms with E-state index in [0.29, 0.717) is 10.7 Å². The predicted octanol–water partition coefficient (Wildman–Crippen LogP) is 3.39. The number of fused-ring (bicyclic) bond motifs is 1. The summed E-state index contributed by atoms with van der Waals surface area (Å²) in [6.07, 6.45) is 0. The fourth-order valence-corrected chi connectivity index (χ4v) is 2.59. The third-order valence-electron chi connectivity index (χ3n) is 3.82. The van der Waals surface area contributed by atoms with E-state index >= 15 is 0 Å². The van der Waals surface area contributed by atoms with Crippen LogP contribution in [0.2, 0.25) is 5.02 Å². The van der Waals surface area contributed by atoms with E-state index in [1.54, 1.807) is 31.2 Å². The van der Waals surface area contributed by atoms with Gasteiger partial charge < -0.3 is 4.98 Å². The number of rotatable bonds is 3. The van der Waals surface area contributed by atoms with Gasteiger partial charge in [-0.1, -0.05) is 41.9 Å². The van der Waals surface area contributed by atoms with Gasteiger partial charge in [-0.05, 0) is 36.8 Å². The van der Waals surface area contributed by atoms with Crippen molar-refractivity contribution < 1.29 is 9.59 Å². The van der Waals surface area contributed by atoms with Gasteiger partial charge in [0.15, 0.2) is 0 Å². The smallest absolute Gasteiger partial charge is 0.286 e. The van der Waals surface area contributed by atoms with Crippen LogP contribution in [0.15, 0.2) is 54.6 Å². The van der Waals surface area contributed by atoms with E-state index in [4.69, 9.17) is 11.6 Å². The first-order valence-electron chi connectivity index (χ1n) is 7.48. The molecule has 0 radical (unpaired) electrons. The third kappa shape index (κ3) is 3.41. The molecule has 1 unspecified atom stereocenters. The molecule has 1 aromatic heterocycles. The Balaban J connectivity index is 1.65. The largest absolute Gasteiger partial charge is 0.350 e. The summed E-state index contributed by atoms with van der Waals surface area (Å²) in [5, 5.41) is 1.43. The summed E-state index contributed by atoms with van der Waals surface area (Å²) < 4.78 is 0. The van der Waals surface area contributed by atoms with Crippen molar-refractivity contribution in [3.8, 4) is 0 Å². The maximum atomic E-state index is 12.2. The van der Waals surface area contributed by atoms with E-state index in [0.717, 1.165) is 16.5 Å². The number of hydrazine groups is 1. The van der Waals surface area contributed by atoms with Gasteiger partial charge in [0.25, 0.3) is 5.91 Å². The molecule has 0 aliphatic carbocycles. The summed E-state index contributed by atoms with van der Waals surface area (Å²) in [6.45, 7) is 1.78. The topological polar surface area (TPSA) is 74.0 Å². The number of carbonyl (C=O) groups excluding carboxylic acids is 2. The number of nitrogens with one attached hydrogen (secondary N) is 3. The molecule has 0 saturated heterocycles. The molecule has 5 nitrogen and oxygen atoms in total. The summed E-state index contributed by atoms with van der Waals surface area (Å²) in [6, 6.07) is 16.3. The maximum absolute atomic E-state index is 12.2. The van der Waals surface area contributed by atoms with E-state index in [2.05, 4.69) is 15.8 Å². The molecular weight excluding hydrogens is 326 g/mol. The van der Waals surface area contributed by atoms with Crippen molar-refractivity contribution in [2.24, 2.45) is 0 Å². The Hall–Kier alpha value is -2.79. The minimum atomic E-state index is -0.420. The van der Waals surface area contributed by atoms with Gasteiger partial charge in [-0.2, -0.15) is 0 Å². The molecule has 1 heterocycles. The highest BCUT2D eigenvalue weighted by Crippen LogP contribution is 2.20. The molecular formula is C18H16ClN3O2. The summed E-state index contributed by atoms with van der Waals surface area (Å²) in [5.74, 6) is -1.07. The van der Waals surface area contributed by atoms with Crippen LogP contribution in [0.3, 0.4) is 0 Å². The Morgan fingerprint density at radius 3 is 2.54 bits per heavy atom. The molecule has 2 amide bonds. The van der Waals surface area contributed by atoms with Gasteiger partial charge in [-0.3, -0.25) is 20.4 Å². The summed E-state index contributed by atoms with van der Waals surface area (Å²) in [7, 11) is 0. The number of hydrogen-bond acceptors (Lipinski definition) is 2. The first-order valence-corrected chi connectivity index (χ1v) is 7.86. The van der Waals surface area contributed by atoms with Gasteiger partial charge in [0.1, 0.15) is 5.69 Å². The van der Waals surface area contributed by atoms with Gasteiger partial charge in [0.2, 0.25) is 5.91 Å². The van der Waals surface area contributed by atoms with Crippen molar-refractivity contribution in [2.75, 3.05) is 0 Å². The van der Waals surface area contributed by atoms with E-state index in [-0.39, 0.29) is 11.8 Å². The standard InChI is InChI=1S/C18H16ClN3O2/c1-11(12-5-3-2-4-6-12)17(23)21-22-18(24)16-10-13-9-14(19)7-8-15(13)20-16/h2-11,20H,1H3,(H,21,23)(H,22,24). The van der Waals surface area contributed by atoms with Crippen molar-refractivity contribution in [3.05, 3.63) is 70.9 Å². The molecule has 2 aromatic carbocycles. The van der Waals surface area contributed by atoms with Gasteiger partial charge in [-0.15, -0.1) is 0 Å². The Labute approximate surface area is 144 Å². The number of hydrogen-bond donors (Lipinski definition) is 3. The molecule has 0 fully saturated rings. The second-order valence-electron chi connectivity index (χ2n) is 5.49. The van der Waals surface area contributed by atoms with Crippen LogP contribution in [-0.2, 0) is 4.79 Å².